The Morgan fingerprint density at radius 2 is 2.00 bits per heavy atom. The van der Waals surface area contributed by atoms with Crippen molar-refractivity contribution in [2.24, 2.45) is 5.73 Å². The topological polar surface area (TPSA) is 49.5 Å². The predicted molar refractivity (Wildman–Crippen MR) is 57.1 cm³/mol. The molecule has 1 aromatic rings. The van der Waals surface area contributed by atoms with E-state index in [2.05, 4.69) is 0 Å². The van der Waals surface area contributed by atoms with E-state index in [0.717, 1.165) is 0 Å². The zero-order valence-electron chi connectivity index (χ0n) is 8.79. The third-order valence-electron chi connectivity index (χ3n) is 2.79. The minimum atomic E-state index is -0.616. The van der Waals surface area contributed by atoms with Crippen LogP contribution in [0, 0.1) is 11.6 Å². The van der Waals surface area contributed by atoms with E-state index < -0.39 is 17.7 Å². The minimum absolute atomic E-state index is 0.0613. The summed E-state index contributed by atoms with van der Waals surface area (Å²) in [7, 11) is 0. The highest BCUT2D eigenvalue weighted by Crippen LogP contribution is 2.28. The minimum Gasteiger partial charge on any atom is -0.391 e. The van der Waals surface area contributed by atoms with Gasteiger partial charge < -0.3 is 15.7 Å². The van der Waals surface area contributed by atoms with E-state index in [1.54, 1.807) is 0 Å². The molecule has 1 aliphatic heterocycles. The van der Waals surface area contributed by atoms with Gasteiger partial charge in [-0.3, -0.25) is 0 Å². The molecule has 1 unspecified atom stereocenters. The molecule has 0 radical (unpaired) electrons. The lowest BCUT2D eigenvalue weighted by molar-refractivity contribution is 0.198. The van der Waals surface area contributed by atoms with Gasteiger partial charge in [0.1, 0.15) is 17.3 Å². The molecule has 16 heavy (non-hydrogen) atoms. The van der Waals surface area contributed by atoms with E-state index in [-0.39, 0.29) is 18.8 Å². The van der Waals surface area contributed by atoms with Gasteiger partial charge in [0.15, 0.2) is 0 Å². The summed E-state index contributed by atoms with van der Waals surface area (Å²) in [5, 5.41) is 9.34. The fourth-order valence-corrected chi connectivity index (χ4v) is 1.98. The van der Waals surface area contributed by atoms with Gasteiger partial charge >= 0.3 is 0 Å². The lowest BCUT2D eigenvalue weighted by atomic mass is 10.1. The molecule has 0 aliphatic carbocycles. The van der Waals surface area contributed by atoms with Crippen molar-refractivity contribution < 1.29 is 13.9 Å². The number of rotatable bonds is 2. The van der Waals surface area contributed by atoms with Gasteiger partial charge in [-0.15, -0.1) is 0 Å². The molecule has 1 aliphatic rings. The van der Waals surface area contributed by atoms with Crippen molar-refractivity contribution in [3.05, 3.63) is 29.3 Å². The lowest BCUT2D eigenvalue weighted by Crippen LogP contribution is -2.23. The van der Waals surface area contributed by atoms with Gasteiger partial charge in [0.2, 0.25) is 0 Å². The average Bonchev–Trinajstić information content (AvgIpc) is 2.63. The molecule has 1 atom stereocenters. The molecule has 3 nitrogen and oxygen atoms in total. The first-order valence-corrected chi connectivity index (χ1v) is 5.23. The van der Waals surface area contributed by atoms with Gasteiger partial charge in [-0.05, 0) is 24.1 Å². The zero-order chi connectivity index (χ0) is 11.7. The van der Waals surface area contributed by atoms with Gasteiger partial charge in [-0.1, -0.05) is 0 Å². The largest absolute Gasteiger partial charge is 0.391 e. The van der Waals surface area contributed by atoms with E-state index in [1.807, 2.05) is 0 Å². The molecular formula is C11H14F2N2O. The van der Waals surface area contributed by atoms with E-state index in [9.17, 15) is 13.9 Å². The first-order chi connectivity index (χ1) is 7.61. The Bertz CT molecular complexity index is 375. The summed E-state index contributed by atoms with van der Waals surface area (Å²) in [5.41, 5.74) is 5.69. The number of nitrogens with two attached hydrogens (primary N) is 1. The SMILES string of the molecule is NCc1cc(F)c(N2CCC(O)C2)c(F)c1. The summed E-state index contributed by atoms with van der Waals surface area (Å²) in [6.45, 7) is 0.851. The Hall–Kier alpha value is -1.20. The van der Waals surface area contributed by atoms with Gasteiger partial charge in [0.25, 0.3) is 0 Å². The van der Waals surface area contributed by atoms with Crippen LogP contribution in [-0.2, 0) is 6.54 Å². The number of aliphatic hydroxyl groups is 1. The maximum atomic E-state index is 13.7. The van der Waals surface area contributed by atoms with Crippen LogP contribution in [0.25, 0.3) is 0 Å². The molecule has 5 heteroatoms. The molecule has 0 spiro atoms. The third kappa shape index (κ3) is 2.01. The van der Waals surface area contributed by atoms with Crippen LogP contribution in [0.1, 0.15) is 12.0 Å². The van der Waals surface area contributed by atoms with Crippen LogP contribution < -0.4 is 10.6 Å². The van der Waals surface area contributed by atoms with Crippen molar-refractivity contribution in [1.29, 1.82) is 0 Å². The Labute approximate surface area is 92.5 Å². The molecule has 1 heterocycles. The number of benzene rings is 1. The summed E-state index contributed by atoms with van der Waals surface area (Å²) >= 11 is 0. The van der Waals surface area contributed by atoms with Crippen molar-refractivity contribution in [2.45, 2.75) is 19.1 Å². The second kappa shape index (κ2) is 4.35. The number of aliphatic hydroxyl groups excluding tert-OH is 1. The zero-order valence-corrected chi connectivity index (χ0v) is 8.79. The molecule has 3 N–H and O–H groups in total. The molecule has 0 aromatic heterocycles. The third-order valence-corrected chi connectivity index (χ3v) is 2.79. The van der Waals surface area contributed by atoms with Crippen LogP contribution in [0.2, 0.25) is 0 Å². The van der Waals surface area contributed by atoms with Crippen molar-refractivity contribution >= 4 is 5.69 Å². The van der Waals surface area contributed by atoms with Crippen LogP contribution in [0.4, 0.5) is 14.5 Å². The van der Waals surface area contributed by atoms with Crippen LogP contribution >= 0.6 is 0 Å². The number of β-amino-alcohol motifs (C(OH)–C–C–N with tert-alkyl or cyclic N) is 1. The van der Waals surface area contributed by atoms with E-state index in [1.165, 1.54) is 17.0 Å². The quantitative estimate of drug-likeness (QED) is 0.793. The Morgan fingerprint density at radius 3 is 2.44 bits per heavy atom. The molecule has 88 valence electrons. The summed E-state index contributed by atoms with van der Waals surface area (Å²) in [6.07, 6.45) is 0.0327. The van der Waals surface area contributed by atoms with Crippen LogP contribution in [-0.4, -0.2) is 24.3 Å². The highest BCUT2D eigenvalue weighted by Gasteiger charge is 2.25. The standard InChI is InChI=1S/C11H14F2N2O/c12-9-3-7(5-14)4-10(13)11(9)15-2-1-8(16)6-15/h3-4,8,16H,1-2,5-6,14H2. The highest BCUT2D eigenvalue weighted by molar-refractivity contribution is 5.51. The van der Waals surface area contributed by atoms with E-state index in [0.29, 0.717) is 18.5 Å². The Balaban J connectivity index is 2.34. The molecule has 1 aromatic carbocycles. The van der Waals surface area contributed by atoms with Crippen molar-refractivity contribution in [3.8, 4) is 0 Å². The maximum absolute atomic E-state index is 13.7. The fraction of sp³-hybridized carbons (Fsp3) is 0.455. The molecule has 0 amide bonds. The summed E-state index contributed by atoms with van der Waals surface area (Å²) in [6, 6.07) is 2.48. The maximum Gasteiger partial charge on any atom is 0.149 e. The lowest BCUT2D eigenvalue weighted by Gasteiger charge is -2.19. The van der Waals surface area contributed by atoms with Gasteiger partial charge in [-0.25, -0.2) is 8.78 Å². The Kier molecular flexibility index (Phi) is 3.07. The monoisotopic (exact) mass is 228 g/mol. The van der Waals surface area contributed by atoms with Crippen LogP contribution in [0.15, 0.2) is 12.1 Å². The van der Waals surface area contributed by atoms with E-state index in [4.69, 9.17) is 5.73 Å². The second-order valence-corrected chi connectivity index (χ2v) is 4.00. The first kappa shape index (κ1) is 11.3. The molecule has 2 rings (SSSR count). The predicted octanol–water partition coefficient (Wildman–Crippen LogP) is 0.995. The van der Waals surface area contributed by atoms with Crippen LogP contribution in [0.5, 0.6) is 0 Å². The highest BCUT2D eigenvalue weighted by atomic mass is 19.1. The average molecular weight is 228 g/mol. The van der Waals surface area contributed by atoms with Crippen molar-refractivity contribution in [1.82, 2.24) is 0 Å². The smallest absolute Gasteiger partial charge is 0.149 e. The number of hydrogen-bond donors (Lipinski definition) is 2. The number of hydrogen-bond acceptors (Lipinski definition) is 3. The van der Waals surface area contributed by atoms with Crippen molar-refractivity contribution in [2.75, 3.05) is 18.0 Å². The van der Waals surface area contributed by atoms with E-state index >= 15 is 0 Å². The summed E-state index contributed by atoms with van der Waals surface area (Å²) in [4.78, 5) is 1.52. The number of nitrogens with zero attached hydrogens (tertiary/aromatic N) is 1. The molecule has 1 saturated heterocycles. The fourth-order valence-electron chi connectivity index (χ4n) is 1.98. The van der Waals surface area contributed by atoms with Gasteiger partial charge in [-0.2, -0.15) is 0 Å². The van der Waals surface area contributed by atoms with Crippen LogP contribution in [0.3, 0.4) is 0 Å². The molecule has 1 fully saturated rings. The first-order valence-electron chi connectivity index (χ1n) is 5.23. The van der Waals surface area contributed by atoms with Gasteiger partial charge in [0, 0.05) is 19.6 Å². The summed E-state index contributed by atoms with van der Waals surface area (Å²) in [5.74, 6) is -1.23. The number of halogens is 2. The van der Waals surface area contributed by atoms with Gasteiger partial charge in [0.05, 0.1) is 6.10 Å². The van der Waals surface area contributed by atoms with Crippen molar-refractivity contribution in [3.63, 3.8) is 0 Å². The summed E-state index contributed by atoms with van der Waals surface area (Å²) < 4.78 is 27.3. The Morgan fingerprint density at radius 1 is 1.38 bits per heavy atom. The molecule has 0 saturated carbocycles. The number of anilines is 1. The normalized spacial score (nSPS) is 20.5. The molecular weight excluding hydrogens is 214 g/mol. The second-order valence-electron chi connectivity index (χ2n) is 4.00. The molecule has 0 bridgehead atoms.